The largest absolute Gasteiger partial charge is 0.493 e. The number of methoxy groups -OCH3 is 1. The van der Waals surface area contributed by atoms with Crippen molar-refractivity contribution in [1.82, 2.24) is 15.1 Å². The molecule has 0 radical (unpaired) electrons. The second-order valence-electron chi connectivity index (χ2n) is 8.25. The lowest BCUT2D eigenvalue weighted by molar-refractivity contribution is -0.123. The monoisotopic (exact) mass is 450 g/mol. The maximum absolute atomic E-state index is 13.0. The highest BCUT2D eigenvalue weighted by Crippen LogP contribution is 2.28. The average molecular weight is 451 g/mol. The Hall–Kier alpha value is -3.57. The summed E-state index contributed by atoms with van der Waals surface area (Å²) >= 11 is 0. The number of carbonyl (C=O) groups is 2. The Morgan fingerprint density at radius 2 is 1.76 bits per heavy atom. The van der Waals surface area contributed by atoms with Crippen LogP contribution in [0.5, 0.6) is 11.5 Å². The molecule has 1 aliphatic heterocycles. The first-order valence-corrected chi connectivity index (χ1v) is 11.0. The Labute approximate surface area is 194 Å². The van der Waals surface area contributed by atoms with E-state index in [1.807, 2.05) is 43.0 Å². The molecular weight excluding hydrogens is 420 g/mol. The van der Waals surface area contributed by atoms with Crippen LogP contribution in [0.1, 0.15) is 35.3 Å². The lowest BCUT2D eigenvalue weighted by Crippen LogP contribution is -2.48. The molecule has 8 nitrogen and oxygen atoms in total. The molecule has 1 fully saturated rings. The number of amides is 2. The minimum Gasteiger partial charge on any atom is -0.493 e. The molecule has 1 saturated heterocycles. The van der Waals surface area contributed by atoms with Crippen molar-refractivity contribution in [3.8, 4) is 17.6 Å². The summed E-state index contributed by atoms with van der Waals surface area (Å²) in [4.78, 5) is 29.0. The van der Waals surface area contributed by atoms with E-state index in [2.05, 4.69) is 16.3 Å². The van der Waals surface area contributed by atoms with Crippen LogP contribution in [0.15, 0.2) is 42.5 Å². The van der Waals surface area contributed by atoms with Gasteiger partial charge in [-0.15, -0.1) is 0 Å². The van der Waals surface area contributed by atoms with Crippen LogP contribution < -0.4 is 14.8 Å². The van der Waals surface area contributed by atoms with Gasteiger partial charge in [0, 0.05) is 44.3 Å². The number of nitriles is 1. The van der Waals surface area contributed by atoms with E-state index in [1.54, 1.807) is 18.2 Å². The third-order valence-corrected chi connectivity index (χ3v) is 5.37. The second kappa shape index (κ2) is 11.3. The molecule has 1 aliphatic rings. The molecule has 1 heterocycles. The minimum atomic E-state index is -0.217. The quantitative estimate of drug-likeness (QED) is 0.664. The molecule has 0 spiro atoms. The summed E-state index contributed by atoms with van der Waals surface area (Å²) in [5, 5.41) is 11.7. The number of carbonyl (C=O) groups excluding carboxylic acids is 2. The van der Waals surface area contributed by atoms with Crippen LogP contribution in [-0.2, 0) is 11.3 Å². The van der Waals surface area contributed by atoms with Crippen LogP contribution in [0.3, 0.4) is 0 Å². The van der Waals surface area contributed by atoms with Crippen molar-refractivity contribution in [3.05, 3.63) is 59.2 Å². The van der Waals surface area contributed by atoms with Gasteiger partial charge in [0.1, 0.15) is 0 Å². The van der Waals surface area contributed by atoms with Crippen molar-refractivity contribution in [2.45, 2.75) is 26.4 Å². The maximum Gasteiger partial charge on any atom is 0.258 e. The van der Waals surface area contributed by atoms with Crippen molar-refractivity contribution in [1.29, 1.82) is 5.26 Å². The number of nitrogens with zero attached hydrogens (tertiary/aromatic N) is 3. The average Bonchev–Trinajstić information content (AvgIpc) is 2.82. The first-order valence-electron chi connectivity index (χ1n) is 11.0. The van der Waals surface area contributed by atoms with Gasteiger partial charge in [0.15, 0.2) is 18.1 Å². The van der Waals surface area contributed by atoms with Gasteiger partial charge in [-0.05, 0) is 49.7 Å². The molecule has 33 heavy (non-hydrogen) atoms. The maximum atomic E-state index is 13.0. The molecule has 0 unspecified atom stereocenters. The Morgan fingerprint density at radius 1 is 1.06 bits per heavy atom. The van der Waals surface area contributed by atoms with Gasteiger partial charge in [-0.25, -0.2) is 0 Å². The Bertz CT molecular complexity index is 1010. The molecule has 8 heteroatoms. The van der Waals surface area contributed by atoms with E-state index in [9.17, 15) is 9.59 Å². The normalized spacial score (nSPS) is 14.0. The van der Waals surface area contributed by atoms with Crippen LogP contribution >= 0.6 is 0 Å². The summed E-state index contributed by atoms with van der Waals surface area (Å²) in [5.74, 6) is 0.555. The van der Waals surface area contributed by atoms with Gasteiger partial charge < -0.3 is 19.7 Å². The topological polar surface area (TPSA) is 94.9 Å². The van der Waals surface area contributed by atoms with Crippen LogP contribution in [0, 0.1) is 11.3 Å². The van der Waals surface area contributed by atoms with Gasteiger partial charge in [-0.2, -0.15) is 5.26 Å². The summed E-state index contributed by atoms with van der Waals surface area (Å²) in [7, 11) is 1.51. The van der Waals surface area contributed by atoms with E-state index in [0.29, 0.717) is 35.7 Å². The second-order valence-corrected chi connectivity index (χ2v) is 8.25. The first kappa shape index (κ1) is 24.1. The molecule has 0 atom stereocenters. The molecule has 0 bridgehead atoms. The van der Waals surface area contributed by atoms with Crippen LogP contribution in [0.4, 0.5) is 0 Å². The fourth-order valence-electron chi connectivity index (χ4n) is 3.66. The molecule has 0 aliphatic carbocycles. The molecule has 0 aromatic heterocycles. The van der Waals surface area contributed by atoms with E-state index < -0.39 is 0 Å². The smallest absolute Gasteiger partial charge is 0.258 e. The van der Waals surface area contributed by atoms with Gasteiger partial charge >= 0.3 is 0 Å². The lowest BCUT2D eigenvalue weighted by atomic mass is 10.1. The number of ether oxygens (including phenoxy) is 2. The van der Waals surface area contributed by atoms with E-state index in [1.165, 1.54) is 7.11 Å². The summed E-state index contributed by atoms with van der Waals surface area (Å²) in [5.41, 5.74) is 2.32. The number of nitrogens with one attached hydrogen (secondary N) is 1. The van der Waals surface area contributed by atoms with E-state index >= 15 is 0 Å². The van der Waals surface area contributed by atoms with Crippen LogP contribution in [0.25, 0.3) is 0 Å². The predicted molar refractivity (Wildman–Crippen MR) is 124 cm³/mol. The van der Waals surface area contributed by atoms with Crippen molar-refractivity contribution in [3.63, 3.8) is 0 Å². The molecule has 2 amide bonds. The van der Waals surface area contributed by atoms with Crippen LogP contribution in [0.2, 0.25) is 0 Å². The molecule has 0 saturated carbocycles. The zero-order chi connectivity index (χ0) is 23.8. The molecule has 2 aromatic carbocycles. The number of hydrogen-bond acceptors (Lipinski definition) is 6. The Kier molecular flexibility index (Phi) is 8.28. The highest BCUT2D eigenvalue weighted by Gasteiger charge is 2.23. The molecule has 3 rings (SSSR count). The molecule has 2 aromatic rings. The minimum absolute atomic E-state index is 0.0348. The SMILES string of the molecule is COc1cc(C(=O)N2CCN(Cc3ccc(C#N)cc3)CC2)ccc1OCC(=O)NC(C)C. The van der Waals surface area contributed by atoms with Gasteiger partial charge in [-0.1, -0.05) is 12.1 Å². The summed E-state index contributed by atoms with van der Waals surface area (Å²) in [6.45, 7) is 7.23. The van der Waals surface area contributed by atoms with Crippen molar-refractivity contribution < 1.29 is 19.1 Å². The number of hydrogen-bond donors (Lipinski definition) is 1. The van der Waals surface area contributed by atoms with E-state index in [4.69, 9.17) is 14.7 Å². The third kappa shape index (κ3) is 6.70. The van der Waals surface area contributed by atoms with E-state index in [0.717, 1.165) is 25.2 Å². The highest BCUT2D eigenvalue weighted by molar-refractivity contribution is 5.95. The summed E-state index contributed by atoms with van der Waals surface area (Å²) < 4.78 is 11.0. The fourth-order valence-corrected chi connectivity index (χ4v) is 3.66. The van der Waals surface area contributed by atoms with Gasteiger partial charge in [0.2, 0.25) is 0 Å². The molecule has 1 N–H and O–H groups in total. The highest BCUT2D eigenvalue weighted by atomic mass is 16.5. The van der Waals surface area contributed by atoms with Crippen LogP contribution in [-0.4, -0.2) is 67.6 Å². The van der Waals surface area contributed by atoms with Crippen molar-refractivity contribution in [2.75, 3.05) is 39.9 Å². The standard InChI is InChI=1S/C25H30N4O4/c1-18(2)27-24(30)17-33-22-9-8-21(14-23(22)32-3)25(31)29-12-10-28(11-13-29)16-20-6-4-19(15-26)5-7-20/h4-9,14,18H,10-13,16-17H2,1-3H3,(H,27,30). The molecular formula is C25H30N4O4. The summed E-state index contributed by atoms with van der Waals surface area (Å²) in [6, 6.07) is 14.8. The first-order chi connectivity index (χ1) is 15.9. The zero-order valence-electron chi connectivity index (χ0n) is 19.3. The number of piperazine rings is 1. The van der Waals surface area contributed by atoms with Crippen molar-refractivity contribution in [2.24, 2.45) is 0 Å². The fraction of sp³-hybridized carbons (Fsp3) is 0.400. The van der Waals surface area contributed by atoms with E-state index in [-0.39, 0.29) is 24.5 Å². The predicted octanol–water partition coefficient (Wildman–Crippen LogP) is 2.43. The number of benzene rings is 2. The Balaban J connectivity index is 1.55. The Morgan fingerprint density at radius 3 is 2.36 bits per heavy atom. The van der Waals surface area contributed by atoms with Crippen molar-refractivity contribution >= 4 is 11.8 Å². The molecule has 174 valence electrons. The lowest BCUT2D eigenvalue weighted by Gasteiger charge is -2.34. The number of rotatable bonds is 8. The zero-order valence-corrected chi connectivity index (χ0v) is 19.3. The summed E-state index contributed by atoms with van der Waals surface area (Å²) in [6.07, 6.45) is 0. The van der Waals surface area contributed by atoms with Gasteiger partial charge in [-0.3, -0.25) is 14.5 Å². The van der Waals surface area contributed by atoms with Gasteiger partial charge in [0.25, 0.3) is 11.8 Å². The third-order valence-electron chi connectivity index (χ3n) is 5.37. The van der Waals surface area contributed by atoms with Gasteiger partial charge in [0.05, 0.1) is 18.7 Å².